The van der Waals surface area contributed by atoms with Crippen molar-refractivity contribution in [2.75, 3.05) is 13.7 Å². The Hall–Kier alpha value is -1.65. The van der Waals surface area contributed by atoms with Crippen molar-refractivity contribution in [2.24, 2.45) is 0 Å². The van der Waals surface area contributed by atoms with E-state index in [9.17, 15) is 9.18 Å². The van der Waals surface area contributed by atoms with Gasteiger partial charge in [0.05, 0.1) is 13.7 Å². The van der Waals surface area contributed by atoms with E-state index in [1.165, 1.54) is 13.2 Å². The van der Waals surface area contributed by atoms with Crippen molar-refractivity contribution < 1.29 is 18.7 Å². The van der Waals surface area contributed by atoms with Crippen molar-refractivity contribution >= 4 is 5.97 Å². The predicted molar refractivity (Wildman–Crippen MR) is 46.7 cm³/mol. The van der Waals surface area contributed by atoms with Crippen LogP contribution in [0.3, 0.4) is 0 Å². The summed E-state index contributed by atoms with van der Waals surface area (Å²) in [5.74, 6) is -1.23. The summed E-state index contributed by atoms with van der Waals surface area (Å²) >= 11 is 0. The van der Waals surface area contributed by atoms with Crippen LogP contribution in [-0.4, -0.2) is 24.7 Å². The lowest BCUT2D eigenvalue weighted by atomic mass is 10.3. The van der Waals surface area contributed by atoms with Crippen molar-refractivity contribution in [1.82, 2.24) is 4.98 Å². The molecule has 0 saturated carbocycles. The Morgan fingerprint density at radius 1 is 1.57 bits per heavy atom. The first-order chi connectivity index (χ1) is 6.69. The van der Waals surface area contributed by atoms with Crippen LogP contribution < -0.4 is 4.74 Å². The quantitative estimate of drug-likeness (QED) is 0.545. The normalized spacial score (nSPS) is 9.64. The molecule has 1 heterocycles. The summed E-state index contributed by atoms with van der Waals surface area (Å²) in [5.41, 5.74) is -0.144. The van der Waals surface area contributed by atoms with E-state index in [4.69, 9.17) is 4.74 Å². The van der Waals surface area contributed by atoms with Crippen molar-refractivity contribution in [3.05, 3.63) is 23.8 Å². The van der Waals surface area contributed by atoms with Crippen LogP contribution in [0.25, 0.3) is 0 Å². The monoisotopic (exact) mass is 199 g/mol. The van der Waals surface area contributed by atoms with Crippen LogP contribution in [0.4, 0.5) is 4.39 Å². The van der Waals surface area contributed by atoms with Crippen molar-refractivity contribution in [2.45, 2.75) is 6.92 Å². The van der Waals surface area contributed by atoms with Gasteiger partial charge < -0.3 is 9.47 Å². The van der Waals surface area contributed by atoms with Crippen LogP contribution >= 0.6 is 0 Å². The zero-order valence-corrected chi connectivity index (χ0v) is 7.91. The second-order valence-corrected chi connectivity index (χ2v) is 2.41. The van der Waals surface area contributed by atoms with Crippen LogP contribution in [-0.2, 0) is 4.74 Å². The van der Waals surface area contributed by atoms with Gasteiger partial charge in [0.15, 0.2) is 11.4 Å². The number of esters is 1. The van der Waals surface area contributed by atoms with E-state index in [0.717, 1.165) is 6.07 Å². The Morgan fingerprint density at radius 2 is 2.29 bits per heavy atom. The molecule has 0 aliphatic rings. The van der Waals surface area contributed by atoms with Crippen LogP contribution in [0, 0.1) is 5.95 Å². The summed E-state index contributed by atoms with van der Waals surface area (Å²) in [6, 6.07) is 2.44. The number of rotatable bonds is 3. The summed E-state index contributed by atoms with van der Waals surface area (Å²) in [4.78, 5) is 14.6. The zero-order chi connectivity index (χ0) is 10.6. The third kappa shape index (κ3) is 2.18. The fourth-order valence-corrected chi connectivity index (χ4v) is 0.933. The maximum atomic E-state index is 12.7. The number of methoxy groups -OCH3 is 1. The number of ether oxygens (including phenoxy) is 2. The van der Waals surface area contributed by atoms with Gasteiger partial charge in [0.25, 0.3) is 0 Å². The number of halogens is 1. The minimum atomic E-state index is -0.742. The largest absolute Gasteiger partial charge is 0.494 e. The van der Waals surface area contributed by atoms with Crippen molar-refractivity contribution in [3.8, 4) is 5.75 Å². The van der Waals surface area contributed by atoms with Gasteiger partial charge in [0.1, 0.15) is 0 Å². The molecular weight excluding hydrogens is 189 g/mol. The molecule has 0 aliphatic carbocycles. The van der Waals surface area contributed by atoms with E-state index in [0.29, 0.717) is 0 Å². The van der Waals surface area contributed by atoms with E-state index in [1.807, 2.05) is 0 Å². The molecule has 76 valence electrons. The first-order valence-electron chi connectivity index (χ1n) is 4.06. The van der Waals surface area contributed by atoms with Gasteiger partial charge in [0.2, 0.25) is 5.95 Å². The highest BCUT2D eigenvalue weighted by molar-refractivity contribution is 5.90. The Morgan fingerprint density at radius 3 is 2.86 bits per heavy atom. The first kappa shape index (κ1) is 10.4. The molecule has 0 aliphatic heterocycles. The minimum Gasteiger partial charge on any atom is -0.494 e. The lowest BCUT2D eigenvalue weighted by molar-refractivity contribution is 0.0514. The van der Waals surface area contributed by atoms with Gasteiger partial charge in [-0.05, 0) is 19.1 Å². The molecule has 0 atom stereocenters. The molecular formula is C9H10FNO3. The fourth-order valence-electron chi connectivity index (χ4n) is 0.933. The van der Waals surface area contributed by atoms with Gasteiger partial charge in [-0.25, -0.2) is 9.78 Å². The molecule has 1 aromatic heterocycles. The molecule has 0 spiro atoms. The van der Waals surface area contributed by atoms with Crippen LogP contribution in [0.2, 0.25) is 0 Å². The van der Waals surface area contributed by atoms with Gasteiger partial charge >= 0.3 is 5.97 Å². The first-order valence-corrected chi connectivity index (χ1v) is 4.06. The summed E-state index contributed by atoms with van der Waals surface area (Å²) in [5, 5.41) is 0. The van der Waals surface area contributed by atoms with Crippen LogP contribution in [0.5, 0.6) is 5.75 Å². The molecule has 0 amide bonds. The molecule has 1 aromatic rings. The summed E-state index contributed by atoms with van der Waals surface area (Å²) < 4.78 is 22.2. The predicted octanol–water partition coefficient (Wildman–Crippen LogP) is 1.41. The third-order valence-electron chi connectivity index (χ3n) is 1.51. The smallest absolute Gasteiger partial charge is 0.360 e. The van der Waals surface area contributed by atoms with Crippen LogP contribution in [0.15, 0.2) is 12.1 Å². The number of pyridine rings is 1. The maximum Gasteiger partial charge on any atom is 0.360 e. The van der Waals surface area contributed by atoms with Gasteiger partial charge in [-0.3, -0.25) is 0 Å². The molecule has 0 saturated heterocycles. The number of carbonyl (C=O) groups excluding carboxylic acids is 1. The number of hydrogen-bond donors (Lipinski definition) is 0. The standard InChI is InChI=1S/C9H10FNO3/c1-3-14-9(12)8-6(13-2)4-5-7(10)11-8/h4-5H,3H2,1-2H3. The number of hydrogen-bond acceptors (Lipinski definition) is 4. The Balaban J connectivity index is 3.03. The second kappa shape index (κ2) is 4.55. The minimum absolute atomic E-state index is 0.144. The Kier molecular flexibility index (Phi) is 3.39. The molecule has 0 fully saturated rings. The lowest BCUT2D eigenvalue weighted by Crippen LogP contribution is -2.10. The lowest BCUT2D eigenvalue weighted by Gasteiger charge is -2.05. The van der Waals surface area contributed by atoms with E-state index in [2.05, 4.69) is 9.72 Å². The molecule has 0 N–H and O–H groups in total. The zero-order valence-electron chi connectivity index (χ0n) is 7.91. The highest BCUT2D eigenvalue weighted by atomic mass is 19.1. The Labute approximate surface area is 80.7 Å². The third-order valence-corrected chi connectivity index (χ3v) is 1.51. The van der Waals surface area contributed by atoms with Crippen molar-refractivity contribution in [1.29, 1.82) is 0 Å². The molecule has 0 aromatic carbocycles. The molecule has 0 unspecified atom stereocenters. The van der Waals surface area contributed by atoms with Gasteiger partial charge in [-0.2, -0.15) is 4.39 Å². The average molecular weight is 199 g/mol. The summed E-state index contributed by atoms with van der Waals surface area (Å²) in [7, 11) is 1.37. The number of nitrogens with zero attached hydrogens (tertiary/aromatic N) is 1. The Bertz CT molecular complexity index is 341. The topological polar surface area (TPSA) is 48.4 Å². The van der Waals surface area contributed by atoms with Crippen molar-refractivity contribution in [3.63, 3.8) is 0 Å². The van der Waals surface area contributed by atoms with E-state index in [-0.39, 0.29) is 18.1 Å². The number of aromatic nitrogens is 1. The summed E-state index contributed by atoms with van der Waals surface area (Å²) in [6.45, 7) is 1.86. The molecule has 0 bridgehead atoms. The van der Waals surface area contributed by atoms with Gasteiger partial charge in [-0.1, -0.05) is 0 Å². The SMILES string of the molecule is CCOC(=O)c1nc(F)ccc1OC. The second-order valence-electron chi connectivity index (χ2n) is 2.41. The molecule has 5 heteroatoms. The molecule has 1 rings (SSSR count). The van der Waals surface area contributed by atoms with Gasteiger partial charge in [-0.15, -0.1) is 0 Å². The fraction of sp³-hybridized carbons (Fsp3) is 0.333. The average Bonchev–Trinajstić information content (AvgIpc) is 2.18. The number of carbonyl (C=O) groups is 1. The molecule has 14 heavy (non-hydrogen) atoms. The molecule has 0 radical (unpaired) electrons. The van der Waals surface area contributed by atoms with Gasteiger partial charge in [0, 0.05) is 0 Å². The highest BCUT2D eigenvalue weighted by Gasteiger charge is 2.15. The van der Waals surface area contributed by atoms with E-state index >= 15 is 0 Å². The van der Waals surface area contributed by atoms with Crippen LogP contribution in [0.1, 0.15) is 17.4 Å². The molecule has 4 nitrogen and oxygen atoms in total. The summed E-state index contributed by atoms with van der Waals surface area (Å²) in [6.07, 6.45) is 0. The van der Waals surface area contributed by atoms with E-state index < -0.39 is 11.9 Å². The van der Waals surface area contributed by atoms with E-state index in [1.54, 1.807) is 6.92 Å². The highest BCUT2D eigenvalue weighted by Crippen LogP contribution is 2.16. The maximum absolute atomic E-state index is 12.7.